The minimum absolute atomic E-state index is 0.0555. The van der Waals surface area contributed by atoms with Crippen molar-refractivity contribution in [3.63, 3.8) is 0 Å². The average Bonchev–Trinajstić information content (AvgIpc) is 2.68. The summed E-state index contributed by atoms with van der Waals surface area (Å²) in [6.07, 6.45) is 2.00. The van der Waals surface area contributed by atoms with Crippen LogP contribution in [-0.2, 0) is 10.0 Å². The van der Waals surface area contributed by atoms with Crippen LogP contribution in [0.1, 0.15) is 10.4 Å². The summed E-state index contributed by atoms with van der Waals surface area (Å²) in [5.41, 5.74) is 0.907. The molecule has 1 heterocycles. The second kappa shape index (κ2) is 7.75. The minimum atomic E-state index is -3.76. The zero-order valence-electron chi connectivity index (χ0n) is 13.9. The van der Waals surface area contributed by atoms with Gasteiger partial charge in [-0.15, -0.1) is 0 Å². The van der Waals surface area contributed by atoms with E-state index in [4.69, 9.17) is 0 Å². The number of aromatic nitrogens is 1. The fourth-order valence-electron chi connectivity index (χ4n) is 2.13. The largest absolute Gasteiger partial charge is 0.507 e. The van der Waals surface area contributed by atoms with E-state index in [0.29, 0.717) is 17.7 Å². The standard InChI is InChI=1S/C18H14N4O4S/c23-12-13-11-15(6-9-17(13)24)21-20-14-4-7-16(8-5-14)27(25,26)22-18-3-1-2-10-19-18/h1-12,24H,(H,19,22). The van der Waals surface area contributed by atoms with E-state index in [0.717, 1.165) is 0 Å². The van der Waals surface area contributed by atoms with Crippen molar-refractivity contribution in [1.29, 1.82) is 0 Å². The maximum atomic E-state index is 12.3. The highest BCUT2D eigenvalue weighted by Crippen LogP contribution is 2.25. The van der Waals surface area contributed by atoms with Gasteiger partial charge in [0.1, 0.15) is 11.6 Å². The van der Waals surface area contributed by atoms with Gasteiger partial charge >= 0.3 is 0 Å². The third-order valence-corrected chi connectivity index (χ3v) is 4.84. The molecule has 3 aromatic rings. The number of phenolic OH excluding ortho intramolecular Hbond substituents is 1. The molecule has 0 aliphatic carbocycles. The summed E-state index contributed by atoms with van der Waals surface area (Å²) in [5, 5.41) is 17.4. The van der Waals surface area contributed by atoms with Gasteiger partial charge in [-0.05, 0) is 54.6 Å². The number of carbonyl (C=O) groups excluding carboxylic acids is 1. The monoisotopic (exact) mass is 382 g/mol. The predicted molar refractivity (Wildman–Crippen MR) is 99.2 cm³/mol. The normalized spacial score (nSPS) is 11.4. The van der Waals surface area contributed by atoms with Crippen LogP contribution >= 0.6 is 0 Å². The summed E-state index contributed by atoms with van der Waals surface area (Å²) in [4.78, 5) is 14.8. The van der Waals surface area contributed by atoms with Crippen molar-refractivity contribution in [2.24, 2.45) is 10.2 Å². The number of pyridine rings is 1. The lowest BCUT2D eigenvalue weighted by atomic mass is 10.2. The molecule has 2 N–H and O–H groups in total. The number of hydrogen-bond acceptors (Lipinski definition) is 7. The van der Waals surface area contributed by atoms with Crippen LogP contribution < -0.4 is 4.72 Å². The third kappa shape index (κ3) is 4.53. The Morgan fingerprint density at radius 3 is 2.33 bits per heavy atom. The van der Waals surface area contributed by atoms with E-state index in [1.54, 1.807) is 18.2 Å². The second-order valence-electron chi connectivity index (χ2n) is 5.38. The molecule has 0 bridgehead atoms. The van der Waals surface area contributed by atoms with E-state index in [1.807, 2.05) is 0 Å². The van der Waals surface area contributed by atoms with Gasteiger partial charge in [-0.1, -0.05) is 6.07 Å². The lowest BCUT2D eigenvalue weighted by Gasteiger charge is -2.06. The molecule has 0 aliphatic rings. The molecule has 2 aromatic carbocycles. The molecule has 27 heavy (non-hydrogen) atoms. The Morgan fingerprint density at radius 2 is 1.67 bits per heavy atom. The molecule has 0 radical (unpaired) electrons. The Labute approximate surface area is 155 Å². The van der Waals surface area contributed by atoms with Crippen molar-refractivity contribution in [1.82, 2.24) is 4.98 Å². The molecule has 0 unspecified atom stereocenters. The van der Waals surface area contributed by atoms with Crippen molar-refractivity contribution in [3.8, 4) is 5.75 Å². The van der Waals surface area contributed by atoms with E-state index < -0.39 is 10.0 Å². The van der Waals surface area contributed by atoms with Crippen LogP contribution in [0.3, 0.4) is 0 Å². The summed E-state index contributed by atoms with van der Waals surface area (Å²) in [6, 6.07) is 14.9. The molecule has 8 nitrogen and oxygen atoms in total. The van der Waals surface area contributed by atoms with Crippen LogP contribution in [-0.4, -0.2) is 24.8 Å². The number of hydrogen-bond donors (Lipinski definition) is 2. The Kier molecular flexibility index (Phi) is 5.23. The lowest BCUT2D eigenvalue weighted by Crippen LogP contribution is -2.13. The maximum absolute atomic E-state index is 12.3. The summed E-state index contributed by atoms with van der Waals surface area (Å²) >= 11 is 0. The summed E-state index contributed by atoms with van der Waals surface area (Å²) < 4.78 is 27.0. The van der Waals surface area contributed by atoms with Gasteiger partial charge in [0.05, 0.1) is 21.8 Å². The van der Waals surface area contributed by atoms with Gasteiger partial charge in [0, 0.05) is 6.20 Å². The molecule has 0 amide bonds. The van der Waals surface area contributed by atoms with Crippen molar-refractivity contribution < 1.29 is 18.3 Å². The number of azo groups is 1. The number of sulfonamides is 1. The zero-order chi connectivity index (χ0) is 19.3. The van der Waals surface area contributed by atoms with Crippen molar-refractivity contribution in [3.05, 3.63) is 72.4 Å². The fraction of sp³-hybridized carbons (Fsp3) is 0. The Hall–Kier alpha value is -3.59. The van der Waals surface area contributed by atoms with Gasteiger partial charge in [-0.2, -0.15) is 10.2 Å². The van der Waals surface area contributed by atoms with E-state index in [1.165, 1.54) is 48.7 Å². The first-order chi connectivity index (χ1) is 13.0. The summed E-state index contributed by atoms with van der Waals surface area (Å²) in [5.74, 6) is 0.0819. The van der Waals surface area contributed by atoms with Crippen LogP contribution in [0.4, 0.5) is 17.2 Å². The minimum Gasteiger partial charge on any atom is -0.507 e. The number of nitrogens with zero attached hydrogens (tertiary/aromatic N) is 3. The van der Waals surface area contributed by atoms with Crippen molar-refractivity contribution in [2.75, 3.05) is 4.72 Å². The number of aromatic hydroxyl groups is 1. The van der Waals surface area contributed by atoms with E-state index in [-0.39, 0.29) is 22.0 Å². The smallest absolute Gasteiger partial charge is 0.263 e. The molecule has 0 saturated carbocycles. The summed E-state index contributed by atoms with van der Waals surface area (Å²) in [6.45, 7) is 0. The number of carbonyl (C=O) groups is 1. The van der Waals surface area contributed by atoms with Crippen LogP contribution in [0.15, 0.2) is 82.0 Å². The van der Waals surface area contributed by atoms with Gasteiger partial charge in [-0.25, -0.2) is 13.4 Å². The highest BCUT2D eigenvalue weighted by Gasteiger charge is 2.14. The molecule has 136 valence electrons. The number of phenols is 1. The van der Waals surface area contributed by atoms with Gasteiger partial charge in [0.2, 0.25) is 0 Å². The van der Waals surface area contributed by atoms with E-state index >= 15 is 0 Å². The zero-order valence-corrected chi connectivity index (χ0v) is 14.7. The molecule has 0 aliphatic heterocycles. The summed E-state index contributed by atoms with van der Waals surface area (Å²) in [7, 11) is -3.76. The first kappa shape index (κ1) is 18.2. The molecule has 0 atom stereocenters. The number of benzene rings is 2. The molecule has 3 rings (SSSR count). The molecule has 0 fully saturated rings. The second-order valence-corrected chi connectivity index (χ2v) is 7.06. The number of rotatable bonds is 6. The van der Waals surface area contributed by atoms with Gasteiger partial charge < -0.3 is 5.11 Å². The van der Waals surface area contributed by atoms with Crippen LogP contribution in [0.2, 0.25) is 0 Å². The molecular weight excluding hydrogens is 368 g/mol. The SMILES string of the molecule is O=Cc1cc(N=Nc2ccc(S(=O)(=O)Nc3ccccn3)cc2)ccc1O. The maximum Gasteiger partial charge on any atom is 0.263 e. The Morgan fingerprint density at radius 1 is 0.963 bits per heavy atom. The number of anilines is 1. The Balaban J connectivity index is 1.76. The predicted octanol–water partition coefficient (Wildman–Crippen LogP) is 3.82. The van der Waals surface area contributed by atoms with Crippen LogP contribution in [0.5, 0.6) is 5.75 Å². The Bertz CT molecular complexity index is 1080. The molecule has 1 aromatic heterocycles. The highest BCUT2D eigenvalue weighted by molar-refractivity contribution is 7.92. The number of aldehydes is 1. The van der Waals surface area contributed by atoms with E-state index in [2.05, 4.69) is 19.9 Å². The van der Waals surface area contributed by atoms with Crippen molar-refractivity contribution >= 4 is 33.5 Å². The lowest BCUT2D eigenvalue weighted by molar-refractivity contribution is 0.112. The average molecular weight is 382 g/mol. The van der Waals surface area contributed by atoms with Gasteiger partial charge in [-0.3, -0.25) is 9.52 Å². The topological polar surface area (TPSA) is 121 Å². The molecule has 0 spiro atoms. The van der Waals surface area contributed by atoms with Crippen LogP contribution in [0.25, 0.3) is 0 Å². The van der Waals surface area contributed by atoms with Gasteiger partial charge in [0.25, 0.3) is 10.0 Å². The molecule has 0 saturated heterocycles. The molecule has 9 heteroatoms. The number of nitrogens with one attached hydrogen (secondary N) is 1. The van der Waals surface area contributed by atoms with Gasteiger partial charge in [0.15, 0.2) is 6.29 Å². The third-order valence-electron chi connectivity index (χ3n) is 3.47. The fourth-order valence-corrected chi connectivity index (χ4v) is 3.13. The first-order valence-corrected chi connectivity index (χ1v) is 9.20. The first-order valence-electron chi connectivity index (χ1n) is 7.72. The quantitative estimate of drug-likeness (QED) is 0.496. The molecular formula is C18H14N4O4S. The van der Waals surface area contributed by atoms with Crippen molar-refractivity contribution in [2.45, 2.75) is 4.90 Å². The van der Waals surface area contributed by atoms with E-state index in [9.17, 15) is 18.3 Å². The highest BCUT2D eigenvalue weighted by atomic mass is 32.2. The van der Waals surface area contributed by atoms with Crippen LogP contribution in [0, 0.1) is 0 Å².